The number of anilines is 2. The van der Waals surface area contributed by atoms with Gasteiger partial charge in [-0.15, -0.1) is 0 Å². The molecule has 0 spiro atoms. The predicted molar refractivity (Wildman–Crippen MR) is 123 cm³/mol. The van der Waals surface area contributed by atoms with Gasteiger partial charge in [0.15, 0.2) is 0 Å². The molecule has 2 aromatic rings. The van der Waals surface area contributed by atoms with E-state index in [-0.39, 0.29) is 39.9 Å². The van der Waals surface area contributed by atoms with Gasteiger partial charge in [0.05, 0.1) is 29.0 Å². The summed E-state index contributed by atoms with van der Waals surface area (Å²) in [6.45, 7) is 8.51. The number of hydrogen-bond acceptors (Lipinski definition) is 7. The van der Waals surface area contributed by atoms with E-state index in [1.54, 1.807) is 0 Å². The number of sulfonamides is 1. The van der Waals surface area contributed by atoms with Crippen LogP contribution >= 0.6 is 0 Å². The van der Waals surface area contributed by atoms with Crippen LogP contribution in [0.4, 0.5) is 24.7 Å². The number of amides is 1. The number of nitrogens with zero attached hydrogens (tertiary/aromatic N) is 1. The normalized spacial score (nSPS) is 13.0. The second kappa shape index (κ2) is 10.9. The average Bonchev–Trinajstić information content (AvgIpc) is 2.75. The van der Waals surface area contributed by atoms with Gasteiger partial charge in [-0.3, -0.25) is 20.4 Å². The van der Waals surface area contributed by atoms with Gasteiger partial charge < -0.3 is 4.74 Å². The van der Waals surface area contributed by atoms with Crippen molar-refractivity contribution in [3.8, 4) is 0 Å². The van der Waals surface area contributed by atoms with Gasteiger partial charge in [-0.1, -0.05) is 27.7 Å². The number of ether oxygens (including phenoxy) is 1. The summed E-state index contributed by atoms with van der Waals surface area (Å²) >= 11 is 0. The molecule has 0 fully saturated rings. The van der Waals surface area contributed by atoms with Crippen molar-refractivity contribution >= 4 is 33.4 Å². The Morgan fingerprint density at radius 3 is 2.20 bits per heavy atom. The number of carbonyl (C=O) groups excluding carboxylic acids is 2. The van der Waals surface area contributed by atoms with Crippen LogP contribution in [-0.2, 0) is 19.6 Å². The van der Waals surface area contributed by atoms with Crippen molar-refractivity contribution in [3.05, 3.63) is 48.2 Å². The zero-order valence-electron chi connectivity index (χ0n) is 19.6. The fourth-order valence-electron chi connectivity index (χ4n) is 3.11. The Morgan fingerprint density at radius 1 is 1.06 bits per heavy atom. The maximum Gasteiger partial charge on any atom is 0.472 e. The molecule has 0 aliphatic heterocycles. The molecule has 0 aliphatic carbocycles. The lowest BCUT2D eigenvalue weighted by molar-refractivity contribution is -0.173. The minimum absolute atomic E-state index is 0.0222. The molecule has 0 radical (unpaired) electrons. The Labute approximate surface area is 201 Å². The quantitative estimate of drug-likeness (QED) is 0.338. The van der Waals surface area contributed by atoms with Crippen molar-refractivity contribution in [2.24, 2.45) is 11.3 Å². The van der Waals surface area contributed by atoms with Crippen LogP contribution in [0.15, 0.2) is 47.5 Å². The lowest BCUT2D eigenvalue weighted by Crippen LogP contribution is -2.40. The van der Waals surface area contributed by atoms with E-state index in [1.165, 1.54) is 35.8 Å². The third kappa shape index (κ3) is 9.08. The minimum Gasteiger partial charge on any atom is -0.462 e. The highest BCUT2D eigenvalue weighted by molar-refractivity contribution is 7.92. The number of alkyl halides is 3. The second-order valence-electron chi connectivity index (χ2n) is 9.11. The summed E-state index contributed by atoms with van der Waals surface area (Å²) in [6.07, 6.45) is -3.15. The Kier molecular flexibility index (Phi) is 8.71. The molecule has 35 heavy (non-hydrogen) atoms. The molecule has 0 aliphatic rings. The zero-order chi connectivity index (χ0) is 26.4. The summed E-state index contributed by atoms with van der Waals surface area (Å²) in [5, 5.41) is 0. The van der Waals surface area contributed by atoms with Gasteiger partial charge in [-0.2, -0.15) is 13.2 Å². The molecular weight excluding hydrogens is 489 g/mol. The highest BCUT2D eigenvalue weighted by Gasteiger charge is 2.38. The first-order valence-electron chi connectivity index (χ1n) is 10.5. The first-order chi connectivity index (χ1) is 16.1. The van der Waals surface area contributed by atoms with E-state index in [9.17, 15) is 31.2 Å². The number of hydrazine groups is 1. The molecule has 0 bridgehead atoms. The lowest BCUT2D eigenvalue weighted by atomic mass is 9.86. The van der Waals surface area contributed by atoms with Gasteiger partial charge >= 0.3 is 18.1 Å². The first kappa shape index (κ1) is 27.9. The van der Waals surface area contributed by atoms with Crippen molar-refractivity contribution in [2.45, 2.75) is 45.2 Å². The van der Waals surface area contributed by atoms with Crippen molar-refractivity contribution in [2.75, 3.05) is 16.8 Å². The molecule has 0 saturated heterocycles. The highest BCUT2D eigenvalue weighted by atomic mass is 32.2. The summed E-state index contributed by atoms with van der Waals surface area (Å²) < 4.78 is 69.3. The van der Waals surface area contributed by atoms with E-state index in [2.05, 4.69) is 30.5 Å². The molecule has 1 aromatic carbocycles. The van der Waals surface area contributed by atoms with Gasteiger partial charge in [0.1, 0.15) is 5.82 Å². The smallest absolute Gasteiger partial charge is 0.462 e. The van der Waals surface area contributed by atoms with Crippen molar-refractivity contribution < 1.29 is 35.9 Å². The third-order valence-electron chi connectivity index (χ3n) is 4.44. The van der Waals surface area contributed by atoms with E-state index in [4.69, 9.17) is 4.74 Å². The summed E-state index contributed by atoms with van der Waals surface area (Å²) in [5.74, 6) is -2.76. The molecule has 3 N–H and O–H groups in total. The van der Waals surface area contributed by atoms with E-state index >= 15 is 0 Å². The SMILES string of the molecule is CC(COC(=O)c1ccc(S(=O)(=O)Nc2ccc(NNC(=O)C(F)(F)F)nc2)cc1)CC(C)(C)C. The van der Waals surface area contributed by atoms with Crippen LogP contribution in [0.3, 0.4) is 0 Å². The topological polar surface area (TPSA) is 126 Å². The standard InChI is InChI=1S/C22H27F3N4O5S/c1-14(11-21(2,3)4)13-34-19(30)15-5-8-17(9-6-15)35(32,33)29-16-7-10-18(26-12-16)27-28-20(31)22(23,24)25/h5-10,12,14,29H,11,13H2,1-4H3,(H,26,27)(H,28,31). The maximum atomic E-state index is 12.6. The number of halogens is 3. The molecule has 9 nitrogen and oxygen atoms in total. The summed E-state index contributed by atoms with van der Waals surface area (Å²) in [7, 11) is -4.04. The molecule has 192 valence electrons. The van der Waals surface area contributed by atoms with Gasteiger partial charge in [-0.05, 0) is 54.2 Å². The summed E-state index contributed by atoms with van der Waals surface area (Å²) in [4.78, 5) is 26.6. The molecule has 1 atom stereocenters. The van der Waals surface area contributed by atoms with Crippen LogP contribution in [0, 0.1) is 11.3 Å². The third-order valence-corrected chi connectivity index (χ3v) is 5.83. The number of hydrogen-bond donors (Lipinski definition) is 3. The Bertz CT molecular complexity index is 1130. The second-order valence-corrected chi connectivity index (χ2v) is 10.8. The molecule has 1 aromatic heterocycles. The maximum absolute atomic E-state index is 12.6. The lowest BCUT2D eigenvalue weighted by Gasteiger charge is -2.22. The van der Waals surface area contributed by atoms with Gasteiger partial charge in [0.25, 0.3) is 10.0 Å². The fourth-order valence-corrected chi connectivity index (χ4v) is 4.15. The summed E-state index contributed by atoms with van der Waals surface area (Å²) in [6, 6.07) is 7.55. The van der Waals surface area contributed by atoms with E-state index in [0.717, 1.165) is 18.7 Å². The number of nitrogens with one attached hydrogen (secondary N) is 3. The van der Waals surface area contributed by atoms with Gasteiger partial charge in [0.2, 0.25) is 0 Å². The number of carbonyl (C=O) groups is 2. The van der Waals surface area contributed by atoms with Gasteiger partial charge in [0, 0.05) is 0 Å². The molecule has 1 unspecified atom stereocenters. The van der Waals surface area contributed by atoms with Crippen molar-refractivity contribution in [1.82, 2.24) is 10.4 Å². The number of esters is 1. The largest absolute Gasteiger partial charge is 0.472 e. The minimum atomic E-state index is -5.07. The van der Waals surface area contributed by atoms with Gasteiger partial charge in [-0.25, -0.2) is 18.2 Å². The number of rotatable bonds is 9. The van der Waals surface area contributed by atoms with Crippen LogP contribution in [0.5, 0.6) is 0 Å². The average molecular weight is 517 g/mol. The molecule has 1 amide bonds. The molecule has 13 heteroatoms. The Morgan fingerprint density at radius 2 is 1.69 bits per heavy atom. The predicted octanol–water partition coefficient (Wildman–Crippen LogP) is 4.12. The number of benzene rings is 1. The van der Waals surface area contributed by atoms with Crippen molar-refractivity contribution in [3.63, 3.8) is 0 Å². The Balaban J connectivity index is 1.95. The zero-order valence-corrected chi connectivity index (χ0v) is 20.4. The molecule has 1 heterocycles. The highest BCUT2D eigenvalue weighted by Crippen LogP contribution is 2.24. The first-order valence-corrected chi connectivity index (χ1v) is 11.9. The van der Waals surface area contributed by atoms with E-state index in [0.29, 0.717) is 0 Å². The molecule has 2 rings (SSSR count). The van der Waals surface area contributed by atoms with E-state index in [1.807, 2.05) is 12.3 Å². The van der Waals surface area contributed by atoms with Crippen LogP contribution < -0.4 is 15.6 Å². The van der Waals surface area contributed by atoms with Crippen LogP contribution in [0.2, 0.25) is 0 Å². The number of pyridine rings is 1. The Hall–Kier alpha value is -3.35. The molecule has 0 saturated carbocycles. The summed E-state index contributed by atoms with van der Waals surface area (Å²) in [5.41, 5.74) is 3.71. The molecular formula is C22H27F3N4O5S. The van der Waals surface area contributed by atoms with E-state index < -0.39 is 28.1 Å². The number of aromatic nitrogens is 1. The van der Waals surface area contributed by atoms with Crippen LogP contribution in [-0.4, -0.2) is 38.1 Å². The van der Waals surface area contributed by atoms with Crippen molar-refractivity contribution in [1.29, 1.82) is 0 Å². The fraction of sp³-hybridized carbons (Fsp3) is 0.409. The monoisotopic (exact) mass is 516 g/mol. The van der Waals surface area contributed by atoms with Crippen LogP contribution in [0.25, 0.3) is 0 Å². The van der Waals surface area contributed by atoms with Crippen LogP contribution in [0.1, 0.15) is 44.5 Å².